The van der Waals surface area contributed by atoms with Crippen molar-refractivity contribution in [2.24, 2.45) is 0 Å². The highest BCUT2D eigenvalue weighted by molar-refractivity contribution is 7.54. The SMILES string of the molecule is COCOc1c2c(c(OCCP(=O)(OC)OC)c3ccccc13)C(=O)N(Cc1ccc(F)cc1)C2=O.COP(=O)(CCOc1c2c(c(O)c3ncccc13)C(=O)N(Cc1ccc(F)cc1)C2=O)OC. The number of rotatable bonds is 19. The number of imide groups is 2. The van der Waals surface area contributed by atoms with Crippen molar-refractivity contribution in [3.63, 3.8) is 0 Å². The van der Waals surface area contributed by atoms with Crippen LogP contribution in [-0.4, -0.2) is 111 Å². The van der Waals surface area contributed by atoms with Crippen LogP contribution >= 0.6 is 15.2 Å². The van der Waals surface area contributed by atoms with E-state index in [9.17, 15) is 42.2 Å². The van der Waals surface area contributed by atoms with Crippen molar-refractivity contribution in [2.75, 3.05) is 67.9 Å². The van der Waals surface area contributed by atoms with Gasteiger partial charge in [-0.05, 0) is 47.5 Å². The van der Waals surface area contributed by atoms with E-state index in [-0.39, 0.29) is 90.4 Å². The molecule has 3 heterocycles. The molecule has 2 aliphatic heterocycles. The van der Waals surface area contributed by atoms with Gasteiger partial charge in [-0.25, -0.2) is 8.78 Å². The summed E-state index contributed by atoms with van der Waals surface area (Å²) >= 11 is 0. The van der Waals surface area contributed by atoms with Gasteiger partial charge in [0, 0.05) is 57.9 Å². The molecular formula is C47H45F2N3O15P2. The number of methoxy groups -OCH3 is 1. The third-order valence-electron chi connectivity index (χ3n) is 11.1. The number of hydrogen-bond donors (Lipinski definition) is 1. The van der Waals surface area contributed by atoms with Crippen LogP contribution < -0.4 is 14.2 Å². The molecule has 0 fully saturated rings. The summed E-state index contributed by atoms with van der Waals surface area (Å²) in [6.07, 6.45) is 1.24. The number of ether oxygens (including phenoxy) is 4. The summed E-state index contributed by atoms with van der Waals surface area (Å²) in [5, 5.41) is 12.2. The lowest BCUT2D eigenvalue weighted by Gasteiger charge is -2.18. The molecule has 0 saturated heterocycles. The van der Waals surface area contributed by atoms with Gasteiger partial charge in [0.05, 0.1) is 55.3 Å². The maximum atomic E-state index is 13.6. The summed E-state index contributed by atoms with van der Waals surface area (Å²) in [5.41, 5.74) is 0.883. The minimum Gasteiger partial charge on any atom is -0.505 e. The molecule has 0 unspecified atom stereocenters. The van der Waals surface area contributed by atoms with Crippen LogP contribution in [0.15, 0.2) is 91.1 Å². The molecule has 8 rings (SSSR count). The Balaban J connectivity index is 0.000000205. The summed E-state index contributed by atoms with van der Waals surface area (Å²) in [6.45, 7) is -0.611. The number of pyridine rings is 1. The van der Waals surface area contributed by atoms with Crippen molar-refractivity contribution in [3.05, 3.63) is 136 Å². The van der Waals surface area contributed by atoms with Crippen molar-refractivity contribution in [2.45, 2.75) is 13.1 Å². The molecular weight excluding hydrogens is 946 g/mol. The van der Waals surface area contributed by atoms with Crippen LogP contribution in [0.5, 0.6) is 23.0 Å². The van der Waals surface area contributed by atoms with Gasteiger partial charge in [0.1, 0.15) is 40.0 Å². The second kappa shape index (κ2) is 21.3. The molecule has 0 aliphatic carbocycles. The molecule has 0 atom stereocenters. The average Bonchev–Trinajstić information content (AvgIpc) is 3.76. The molecule has 69 heavy (non-hydrogen) atoms. The second-order valence-corrected chi connectivity index (χ2v) is 19.9. The van der Waals surface area contributed by atoms with Gasteiger partial charge in [0.15, 0.2) is 12.5 Å². The zero-order chi connectivity index (χ0) is 49.6. The van der Waals surface area contributed by atoms with Crippen molar-refractivity contribution >= 4 is 60.5 Å². The quantitative estimate of drug-likeness (QED) is 0.0458. The second-order valence-electron chi connectivity index (χ2n) is 15.1. The highest BCUT2D eigenvalue weighted by Gasteiger charge is 2.44. The fraction of sp³-hybridized carbons (Fsp3) is 0.255. The first-order chi connectivity index (χ1) is 33.1. The van der Waals surface area contributed by atoms with Gasteiger partial charge in [0.25, 0.3) is 23.6 Å². The molecule has 0 spiro atoms. The molecule has 0 saturated carbocycles. The number of amides is 4. The van der Waals surface area contributed by atoms with Crippen LogP contribution in [-0.2, 0) is 45.1 Å². The zero-order valence-corrected chi connectivity index (χ0v) is 39.6. The molecule has 4 amide bonds. The Hall–Kier alpha value is -6.63. The van der Waals surface area contributed by atoms with E-state index in [1.807, 2.05) is 0 Å². The van der Waals surface area contributed by atoms with Gasteiger partial charge < -0.3 is 42.1 Å². The smallest absolute Gasteiger partial charge is 0.333 e. The Bertz CT molecular complexity index is 3030. The number of halogens is 2. The highest BCUT2D eigenvalue weighted by Crippen LogP contribution is 2.49. The molecule has 6 aromatic rings. The summed E-state index contributed by atoms with van der Waals surface area (Å²) in [4.78, 5) is 59.7. The van der Waals surface area contributed by atoms with E-state index in [1.54, 1.807) is 36.4 Å². The number of hydrogen-bond acceptors (Lipinski definition) is 16. The predicted molar refractivity (Wildman–Crippen MR) is 245 cm³/mol. The van der Waals surface area contributed by atoms with Crippen LogP contribution in [0.2, 0.25) is 0 Å². The minimum absolute atomic E-state index is 0.0246. The van der Waals surface area contributed by atoms with Crippen molar-refractivity contribution in [3.8, 4) is 23.0 Å². The Morgan fingerprint density at radius 2 is 0.928 bits per heavy atom. The fourth-order valence-electron chi connectivity index (χ4n) is 7.62. The molecule has 18 nitrogen and oxygen atoms in total. The fourth-order valence-corrected chi connectivity index (χ4v) is 9.27. The van der Waals surface area contributed by atoms with Crippen molar-refractivity contribution < 1.29 is 79.2 Å². The van der Waals surface area contributed by atoms with Gasteiger partial charge >= 0.3 is 15.2 Å². The van der Waals surface area contributed by atoms with E-state index in [2.05, 4.69) is 4.98 Å². The maximum Gasteiger partial charge on any atom is 0.333 e. The minimum atomic E-state index is -3.38. The van der Waals surface area contributed by atoms with Crippen molar-refractivity contribution in [1.82, 2.24) is 14.8 Å². The third kappa shape index (κ3) is 10.2. The Morgan fingerprint density at radius 1 is 0.536 bits per heavy atom. The molecule has 2 aliphatic rings. The number of phenols is 1. The standard InChI is InChI=1S/C25H25FNO8P.C22H20FN2O7P/c1-31-15-35-23-19-7-5-4-6-18(19)22(34-12-13-36(30,32-2)33-3)20-21(23)25(29)27(24(20)28)14-16-8-10-17(26)11-9-16;1-30-33(29,31-2)11-10-32-20-15-4-3-9-24-18(15)19(26)16-17(20)22(28)25(21(16)27)12-13-5-7-14(23)8-6-13/h4-11H,12-15H2,1-3H3;3-9,26H,10-12H2,1-2H3. The molecule has 1 N–H and O–H groups in total. The van der Waals surface area contributed by atoms with E-state index in [0.717, 1.165) is 9.80 Å². The number of benzene rings is 5. The molecule has 0 radical (unpaired) electrons. The Kier molecular flexibility index (Phi) is 15.5. The maximum absolute atomic E-state index is 13.6. The van der Waals surface area contributed by atoms with E-state index in [1.165, 1.54) is 90.3 Å². The lowest BCUT2D eigenvalue weighted by Crippen LogP contribution is -2.29. The van der Waals surface area contributed by atoms with Gasteiger partial charge in [-0.3, -0.25) is 43.1 Å². The van der Waals surface area contributed by atoms with Gasteiger partial charge in [-0.15, -0.1) is 0 Å². The zero-order valence-electron chi connectivity index (χ0n) is 37.8. The number of carbonyl (C=O) groups is 4. The first-order valence-corrected chi connectivity index (χ1v) is 24.3. The molecule has 5 aromatic carbocycles. The van der Waals surface area contributed by atoms with E-state index >= 15 is 0 Å². The summed E-state index contributed by atoms with van der Waals surface area (Å²) in [6, 6.07) is 21.1. The van der Waals surface area contributed by atoms with E-state index in [4.69, 9.17) is 37.0 Å². The number of nitrogens with zero attached hydrogens (tertiary/aromatic N) is 3. The van der Waals surface area contributed by atoms with Crippen LogP contribution in [0.4, 0.5) is 8.78 Å². The number of aromatic hydroxyl groups is 1. The number of fused-ring (bicyclic) bond motifs is 4. The first-order valence-electron chi connectivity index (χ1n) is 20.8. The number of phenolic OH excluding ortho intramolecular Hbond substituents is 1. The normalized spacial score (nSPS) is 13.5. The van der Waals surface area contributed by atoms with Crippen molar-refractivity contribution in [1.29, 1.82) is 0 Å². The number of carbonyl (C=O) groups excluding carboxylic acids is 4. The largest absolute Gasteiger partial charge is 0.505 e. The average molecular weight is 992 g/mol. The molecule has 22 heteroatoms. The lowest BCUT2D eigenvalue weighted by atomic mass is 9.99. The Labute approximate surface area is 393 Å². The summed E-state index contributed by atoms with van der Waals surface area (Å²) in [7, 11) is -0.269. The monoisotopic (exact) mass is 991 g/mol. The summed E-state index contributed by atoms with van der Waals surface area (Å²) < 4.78 is 93.8. The van der Waals surface area contributed by atoms with Gasteiger partial charge in [-0.1, -0.05) is 48.5 Å². The Morgan fingerprint density at radius 3 is 1.36 bits per heavy atom. The van der Waals surface area contributed by atoms with E-state index < -0.39 is 56.2 Å². The van der Waals surface area contributed by atoms with Crippen LogP contribution in [0, 0.1) is 11.6 Å². The summed E-state index contributed by atoms with van der Waals surface area (Å²) in [5.74, 6) is -3.52. The highest BCUT2D eigenvalue weighted by atomic mass is 31.2. The lowest BCUT2D eigenvalue weighted by molar-refractivity contribution is 0.0505. The molecule has 1 aromatic heterocycles. The molecule has 362 valence electrons. The van der Waals surface area contributed by atoms with Gasteiger partial charge in [0.2, 0.25) is 0 Å². The van der Waals surface area contributed by atoms with Crippen LogP contribution in [0.1, 0.15) is 52.6 Å². The van der Waals surface area contributed by atoms with Gasteiger partial charge in [-0.2, -0.15) is 0 Å². The topological polar surface area (TPSA) is 216 Å². The number of aromatic nitrogens is 1. The van der Waals surface area contributed by atoms with Crippen LogP contribution in [0.25, 0.3) is 21.7 Å². The predicted octanol–water partition coefficient (Wildman–Crippen LogP) is 8.36. The van der Waals surface area contributed by atoms with Crippen LogP contribution in [0.3, 0.4) is 0 Å². The third-order valence-corrected chi connectivity index (χ3v) is 14.8. The first kappa shape index (κ1) is 50.3. The molecule has 0 bridgehead atoms. The van der Waals surface area contributed by atoms with E-state index in [0.29, 0.717) is 27.3 Å².